The number of aliphatic hydroxyl groups is 7. The summed E-state index contributed by atoms with van der Waals surface area (Å²) < 4.78 is 23.6. The summed E-state index contributed by atoms with van der Waals surface area (Å²) in [4.78, 5) is 13.0. The van der Waals surface area contributed by atoms with E-state index in [2.05, 4.69) is 41.2 Å². The number of rotatable bonds is 8. The smallest absolute Gasteiger partial charge is 0.309 e. The number of fused-ring (bicyclic) bond motifs is 7. The summed E-state index contributed by atoms with van der Waals surface area (Å²) in [5.41, 5.74) is -0.387. The zero-order valence-electron chi connectivity index (χ0n) is 32.7. The zero-order valence-corrected chi connectivity index (χ0v) is 32.7. The van der Waals surface area contributed by atoms with Crippen molar-refractivity contribution in [2.24, 2.45) is 56.7 Å². The van der Waals surface area contributed by atoms with Crippen LogP contribution in [0.5, 0.6) is 0 Å². The highest BCUT2D eigenvalue weighted by atomic mass is 16.7. The molecule has 0 aromatic carbocycles. The molecule has 7 aliphatic rings. The van der Waals surface area contributed by atoms with Crippen LogP contribution in [-0.2, 0) is 23.7 Å². The number of aliphatic carboxylic acids is 1. The number of aliphatic hydroxyl groups excluding tert-OH is 7. The lowest BCUT2D eigenvalue weighted by Gasteiger charge is -2.73. The fourth-order valence-corrected chi connectivity index (χ4v) is 14.3. The van der Waals surface area contributed by atoms with Gasteiger partial charge >= 0.3 is 5.97 Å². The first-order valence-electron chi connectivity index (χ1n) is 20.4. The first-order valence-corrected chi connectivity index (χ1v) is 20.4. The normalized spacial score (nSPS) is 55.9. The van der Waals surface area contributed by atoms with Crippen molar-refractivity contribution < 1.29 is 64.6 Å². The summed E-state index contributed by atoms with van der Waals surface area (Å²) in [7, 11) is 0. The van der Waals surface area contributed by atoms with Crippen LogP contribution >= 0.6 is 0 Å². The summed E-state index contributed by atoms with van der Waals surface area (Å²) in [5, 5.41) is 84.5. The van der Waals surface area contributed by atoms with E-state index < -0.39 is 84.8 Å². The summed E-state index contributed by atoms with van der Waals surface area (Å²) in [6.45, 7) is 14.9. The van der Waals surface area contributed by atoms with Gasteiger partial charge in [0.05, 0.1) is 31.3 Å². The van der Waals surface area contributed by atoms with E-state index in [1.165, 1.54) is 0 Å². The van der Waals surface area contributed by atoms with Gasteiger partial charge in [0.25, 0.3) is 0 Å². The molecular weight excluding hydrogens is 700 g/mol. The van der Waals surface area contributed by atoms with Crippen molar-refractivity contribution >= 4 is 5.97 Å². The van der Waals surface area contributed by atoms with Crippen molar-refractivity contribution in [3.05, 3.63) is 12.2 Å². The SMILES string of the molecule is C=C(C)[C@@H]1CC[C@]2(C(=O)O)CC[C@]3(C)C(CC[C@@H]4[C@@]5(C)CC[C@H](O[C@@H]6OC[C@H](O[C@@H]7O[C@H](CO)[C@@H](O)[C@H](O)[C@H]7O)[C@H](O)[C@H]6O)[C@@](C)(CO)C5CC[C@]43C)C12. The lowest BCUT2D eigenvalue weighted by Crippen LogP contribution is -2.68. The van der Waals surface area contributed by atoms with Gasteiger partial charge in [0.1, 0.15) is 42.7 Å². The third-order valence-electron chi connectivity index (χ3n) is 17.5. The number of carbonyl (C=O) groups is 1. The highest BCUT2D eigenvalue weighted by molar-refractivity contribution is 5.76. The second kappa shape index (κ2) is 14.2. The molecule has 0 amide bonds. The van der Waals surface area contributed by atoms with Gasteiger partial charge in [-0.2, -0.15) is 0 Å². The molecule has 7 fully saturated rings. The standard InChI is InChI=1S/C41H66O13/c1-20(2)21-9-14-41(36(49)50)16-15-39(5)22(28(21)41)7-8-26-37(3)12-11-27(38(4,19-43)25(37)10-13-40(26,39)6)54-34-32(47)30(45)24(18-51-34)53-35-33(48)31(46)29(44)23(17-42)52-35/h21-35,42-48H,1,7-19H2,2-6H3,(H,49,50)/t21-,22?,23+,24-,25?,26+,27-,28?,29+,30-,31-,32+,33+,34-,35-,37-,38-,39+,40+,41-/m0/s1. The number of carboxylic acids is 1. The number of carboxylic acid groups (broad SMARTS) is 1. The van der Waals surface area contributed by atoms with Gasteiger partial charge in [0.2, 0.25) is 0 Å². The number of allylic oxidation sites excluding steroid dienone is 1. The Morgan fingerprint density at radius 3 is 2.11 bits per heavy atom. The highest BCUT2D eigenvalue weighted by Crippen LogP contribution is 2.77. The van der Waals surface area contributed by atoms with E-state index in [0.717, 1.165) is 56.9 Å². The van der Waals surface area contributed by atoms with E-state index in [1.807, 2.05) is 0 Å². The van der Waals surface area contributed by atoms with Crippen molar-refractivity contribution in [1.29, 1.82) is 0 Å². The fraction of sp³-hybridized carbons (Fsp3) is 0.927. The molecule has 13 nitrogen and oxygen atoms in total. The third-order valence-corrected chi connectivity index (χ3v) is 17.5. The van der Waals surface area contributed by atoms with Gasteiger partial charge in [0.15, 0.2) is 12.6 Å². The molecule has 0 aromatic heterocycles. The van der Waals surface area contributed by atoms with Crippen LogP contribution < -0.4 is 0 Å². The summed E-state index contributed by atoms with van der Waals surface area (Å²) in [6.07, 6.45) is -4.97. The predicted octanol–water partition coefficient (Wildman–Crippen LogP) is 2.35. The molecule has 2 saturated heterocycles. The molecule has 54 heavy (non-hydrogen) atoms. The van der Waals surface area contributed by atoms with Crippen LogP contribution in [0.3, 0.4) is 0 Å². The van der Waals surface area contributed by atoms with Gasteiger partial charge in [-0.3, -0.25) is 4.79 Å². The quantitative estimate of drug-likeness (QED) is 0.132. The Morgan fingerprint density at radius 2 is 1.46 bits per heavy atom. The molecular formula is C41H66O13. The van der Waals surface area contributed by atoms with Gasteiger partial charge < -0.3 is 59.8 Å². The molecule has 8 N–H and O–H groups in total. The van der Waals surface area contributed by atoms with Gasteiger partial charge in [0, 0.05) is 5.41 Å². The lowest BCUT2D eigenvalue weighted by molar-refractivity contribution is -0.353. The number of hydrogen-bond donors (Lipinski definition) is 8. The predicted molar refractivity (Wildman–Crippen MR) is 193 cm³/mol. The molecule has 308 valence electrons. The molecule has 13 heteroatoms. The monoisotopic (exact) mass is 766 g/mol. The van der Waals surface area contributed by atoms with E-state index >= 15 is 0 Å². The van der Waals surface area contributed by atoms with Crippen LogP contribution in [0, 0.1) is 56.7 Å². The molecule has 5 aliphatic carbocycles. The Labute approximate surface area is 319 Å². The topological polar surface area (TPSA) is 216 Å². The second-order valence-corrected chi connectivity index (χ2v) is 19.5. The van der Waals surface area contributed by atoms with Crippen molar-refractivity contribution in [3.63, 3.8) is 0 Å². The fourth-order valence-electron chi connectivity index (χ4n) is 14.3. The second-order valence-electron chi connectivity index (χ2n) is 19.5. The van der Waals surface area contributed by atoms with Gasteiger partial charge in [-0.1, -0.05) is 39.8 Å². The van der Waals surface area contributed by atoms with Crippen LogP contribution in [-0.4, -0.2) is 128 Å². The Balaban J connectivity index is 1.07. The molecule has 0 bridgehead atoms. The van der Waals surface area contributed by atoms with Crippen molar-refractivity contribution in [3.8, 4) is 0 Å². The van der Waals surface area contributed by atoms with E-state index in [-0.39, 0.29) is 47.2 Å². The Bertz CT molecular complexity index is 1430. The van der Waals surface area contributed by atoms with Crippen LogP contribution in [0.1, 0.15) is 98.8 Å². The summed E-state index contributed by atoms with van der Waals surface area (Å²) >= 11 is 0. The molecule has 20 atom stereocenters. The molecule has 2 heterocycles. The van der Waals surface area contributed by atoms with E-state index in [0.29, 0.717) is 24.7 Å². The maximum atomic E-state index is 13.0. The largest absolute Gasteiger partial charge is 0.481 e. The zero-order chi connectivity index (χ0) is 39.3. The molecule has 2 aliphatic heterocycles. The van der Waals surface area contributed by atoms with E-state index in [1.54, 1.807) is 0 Å². The van der Waals surface area contributed by atoms with E-state index in [9.17, 15) is 45.6 Å². The number of hydrogen-bond acceptors (Lipinski definition) is 12. The molecule has 7 rings (SSSR count). The lowest BCUT2D eigenvalue weighted by atomic mass is 9.32. The third kappa shape index (κ3) is 5.76. The highest BCUT2D eigenvalue weighted by Gasteiger charge is 2.72. The van der Waals surface area contributed by atoms with Crippen molar-refractivity contribution in [2.75, 3.05) is 19.8 Å². The van der Waals surface area contributed by atoms with Crippen molar-refractivity contribution in [1.82, 2.24) is 0 Å². The molecule has 0 aromatic rings. The molecule has 0 radical (unpaired) electrons. The molecule has 3 unspecified atom stereocenters. The average molecular weight is 767 g/mol. The van der Waals surface area contributed by atoms with Crippen LogP contribution in [0.15, 0.2) is 12.2 Å². The Kier molecular flexibility index (Phi) is 10.8. The van der Waals surface area contributed by atoms with Crippen LogP contribution in [0.2, 0.25) is 0 Å². The van der Waals surface area contributed by atoms with Crippen molar-refractivity contribution in [2.45, 2.75) is 160 Å². The number of ether oxygens (including phenoxy) is 4. The minimum atomic E-state index is -1.68. The van der Waals surface area contributed by atoms with Crippen LogP contribution in [0.4, 0.5) is 0 Å². The Hall–Kier alpha value is -1.23. The maximum absolute atomic E-state index is 13.0. The minimum Gasteiger partial charge on any atom is -0.481 e. The van der Waals surface area contributed by atoms with Crippen LogP contribution in [0.25, 0.3) is 0 Å². The van der Waals surface area contributed by atoms with Gasteiger partial charge in [-0.15, -0.1) is 0 Å². The van der Waals surface area contributed by atoms with E-state index in [4.69, 9.17) is 18.9 Å². The summed E-state index contributed by atoms with van der Waals surface area (Å²) in [5.74, 6) is 0.486. The van der Waals surface area contributed by atoms with Gasteiger partial charge in [-0.05, 0) is 117 Å². The summed E-state index contributed by atoms with van der Waals surface area (Å²) in [6, 6.07) is 0. The average Bonchev–Trinajstić information content (AvgIpc) is 3.54. The first kappa shape index (κ1) is 40.9. The molecule has 0 spiro atoms. The Morgan fingerprint density at radius 1 is 0.759 bits per heavy atom. The minimum absolute atomic E-state index is 0.0130. The maximum Gasteiger partial charge on any atom is 0.309 e. The molecule has 5 saturated carbocycles. The first-order chi connectivity index (χ1) is 25.3. The van der Waals surface area contributed by atoms with Gasteiger partial charge in [-0.25, -0.2) is 0 Å².